The Morgan fingerprint density at radius 2 is 2.28 bits per heavy atom. The van der Waals surface area contributed by atoms with Gasteiger partial charge in [0, 0.05) is 25.0 Å². The van der Waals surface area contributed by atoms with Crippen molar-refractivity contribution in [1.82, 2.24) is 15.1 Å². The summed E-state index contributed by atoms with van der Waals surface area (Å²) >= 11 is 0. The third-order valence-electron chi connectivity index (χ3n) is 2.97. The SMILES string of the molecule is Cc1ccc(F)cc1CNC(C)Cn1cccn1. The van der Waals surface area contributed by atoms with E-state index in [0.29, 0.717) is 6.54 Å². The van der Waals surface area contributed by atoms with Gasteiger partial charge in [-0.1, -0.05) is 6.07 Å². The highest BCUT2D eigenvalue weighted by Gasteiger charge is 2.05. The average molecular weight is 247 g/mol. The molecule has 0 spiro atoms. The molecule has 4 heteroatoms. The lowest BCUT2D eigenvalue weighted by atomic mass is 10.1. The van der Waals surface area contributed by atoms with Crippen LogP contribution in [-0.4, -0.2) is 15.8 Å². The molecule has 1 N–H and O–H groups in total. The van der Waals surface area contributed by atoms with Gasteiger partial charge in [0.05, 0.1) is 6.54 Å². The van der Waals surface area contributed by atoms with Crippen LogP contribution in [0.3, 0.4) is 0 Å². The van der Waals surface area contributed by atoms with Crippen LogP contribution in [0.25, 0.3) is 0 Å². The van der Waals surface area contributed by atoms with Crippen LogP contribution in [0, 0.1) is 12.7 Å². The van der Waals surface area contributed by atoms with Crippen LogP contribution in [0.4, 0.5) is 4.39 Å². The predicted molar refractivity (Wildman–Crippen MR) is 69.7 cm³/mol. The molecular weight excluding hydrogens is 229 g/mol. The highest BCUT2D eigenvalue weighted by atomic mass is 19.1. The van der Waals surface area contributed by atoms with Crippen molar-refractivity contribution in [1.29, 1.82) is 0 Å². The van der Waals surface area contributed by atoms with Gasteiger partial charge in [0.15, 0.2) is 0 Å². The summed E-state index contributed by atoms with van der Waals surface area (Å²) in [6, 6.07) is 7.08. The molecule has 2 rings (SSSR count). The summed E-state index contributed by atoms with van der Waals surface area (Å²) in [4.78, 5) is 0. The van der Waals surface area contributed by atoms with Gasteiger partial charge in [0.2, 0.25) is 0 Å². The maximum Gasteiger partial charge on any atom is 0.123 e. The smallest absolute Gasteiger partial charge is 0.123 e. The maximum atomic E-state index is 13.1. The first kappa shape index (κ1) is 12.8. The highest BCUT2D eigenvalue weighted by molar-refractivity contribution is 5.26. The number of aryl methyl sites for hydroxylation is 1. The van der Waals surface area contributed by atoms with E-state index in [0.717, 1.165) is 17.7 Å². The van der Waals surface area contributed by atoms with Gasteiger partial charge in [-0.3, -0.25) is 4.68 Å². The Morgan fingerprint density at radius 1 is 1.44 bits per heavy atom. The van der Waals surface area contributed by atoms with Crippen LogP contribution in [0.5, 0.6) is 0 Å². The minimum absolute atomic E-state index is 0.183. The van der Waals surface area contributed by atoms with Crippen molar-refractivity contribution in [3.05, 3.63) is 53.6 Å². The summed E-state index contributed by atoms with van der Waals surface area (Å²) in [5.74, 6) is -0.183. The summed E-state index contributed by atoms with van der Waals surface area (Å²) in [7, 11) is 0. The average Bonchev–Trinajstić information content (AvgIpc) is 2.83. The van der Waals surface area contributed by atoms with E-state index in [1.54, 1.807) is 12.3 Å². The molecule has 0 saturated carbocycles. The van der Waals surface area contributed by atoms with Crippen molar-refractivity contribution in [2.45, 2.75) is 33.0 Å². The number of rotatable bonds is 5. The predicted octanol–water partition coefficient (Wildman–Crippen LogP) is 2.51. The lowest BCUT2D eigenvalue weighted by molar-refractivity contribution is 0.450. The van der Waals surface area contributed by atoms with E-state index in [1.165, 1.54) is 6.07 Å². The minimum atomic E-state index is -0.183. The van der Waals surface area contributed by atoms with E-state index in [9.17, 15) is 4.39 Å². The number of hydrogen-bond donors (Lipinski definition) is 1. The monoisotopic (exact) mass is 247 g/mol. The lowest BCUT2D eigenvalue weighted by Gasteiger charge is -2.15. The van der Waals surface area contributed by atoms with Gasteiger partial charge < -0.3 is 5.32 Å². The zero-order chi connectivity index (χ0) is 13.0. The highest BCUT2D eigenvalue weighted by Crippen LogP contribution is 2.10. The van der Waals surface area contributed by atoms with E-state index in [1.807, 2.05) is 29.9 Å². The normalized spacial score (nSPS) is 12.6. The minimum Gasteiger partial charge on any atom is -0.308 e. The number of nitrogens with one attached hydrogen (secondary N) is 1. The molecule has 0 saturated heterocycles. The molecule has 3 nitrogen and oxygen atoms in total. The molecule has 18 heavy (non-hydrogen) atoms. The summed E-state index contributed by atoms with van der Waals surface area (Å²) in [6.07, 6.45) is 3.70. The van der Waals surface area contributed by atoms with Crippen molar-refractivity contribution in [3.8, 4) is 0 Å². The van der Waals surface area contributed by atoms with Crippen molar-refractivity contribution in [2.75, 3.05) is 0 Å². The summed E-state index contributed by atoms with van der Waals surface area (Å²) < 4.78 is 15.0. The molecule has 1 unspecified atom stereocenters. The second-order valence-electron chi connectivity index (χ2n) is 4.58. The van der Waals surface area contributed by atoms with Gasteiger partial charge in [-0.15, -0.1) is 0 Å². The Balaban J connectivity index is 1.89. The zero-order valence-corrected chi connectivity index (χ0v) is 10.7. The fourth-order valence-corrected chi connectivity index (χ4v) is 1.87. The molecule has 0 radical (unpaired) electrons. The molecule has 0 aliphatic rings. The van der Waals surface area contributed by atoms with E-state index < -0.39 is 0 Å². The van der Waals surface area contributed by atoms with Gasteiger partial charge in [-0.05, 0) is 43.2 Å². The van der Waals surface area contributed by atoms with Crippen molar-refractivity contribution < 1.29 is 4.39 Å². The number of benzene rings is 1. The topological polar surface area (TPSA) is 29.9 Å². The first-order valence-electron chi connectivity index (χ1n) is 6.11. The molecule has 0 fully saturated rings. The van der Waals surface area contributed by atoms with Crippen LogP contribution in [0.1, 0.15) is 18.1 Å². The van der Waals surface area contributed by atoms with E-state index in [2.05, 4.69) is 17.3 Å². The second-order valence-corrected chi connectivity index (χ2v) is 4.58. The van der Waals surface area contributed by atoms with Crippen molar-refractivity contribution in [3.63, 3.8) is 0 Å². The molecule has 1 atom stereocenters. The van der Waals surface area contributed by atoms with Crippen LogP contribution in [0.2, 0.25) is 0 Å². The molecule has 96 valence electrons. The van der Waals surface area contributed by atoms with Crippen molar-refractivity contribution in [2.24, 2.45) is 0 Å². The summed E-state index contributed by atoms with van der Waals surface area (Å²) in [6.45, 7) is 5.57. The largest absolute Gasteiger partial charge is 0.308 e. The summed E-state index contributed by atoms with van der Waals surface area (Å²) in [5, 5.41) is 7.54. The summed E-state index contributed by atoms with van der Waals surface area (Å²) in [5.41, 5.74) is 2.11. The Hall–Kier alpha value is -1.68. The molecule has 1 heterocycles. The van der Waals surface area contributed by atoms with Gasteiger partial charge in [-0.25, -0.2) is 4.39 Å². The van der Waals surface area contributed by atoms with Crippen molar-refractivity contribution >= 4 is 0 Å². The van der Waals surface area contributed by atoms with Crippen LogP contribution < -0.4 is 5.32 Å². The molecule has 1 aromatic heterocycles. The Morgan fingerprint density at radius 3 is 3.00 bits per heavy atom. The molecule has 0 bridgehead atoms. The standard InChI is InChI=1S/C14H18FN3/c1-11-4-5-14(15)8-13(11)9-16-12(2)10-18-7-3-6-17-18/h3-8,12,16H,9-10H2,1-2H3. The van der Waals surface area contributed by atoms with Crippen LogP contribution >= 0.6 is 0 Å². The van der Waals surface area contributed by atoms with Gasteiger partial charge >= 0.3 is 0 Å². The first-order valence-corrected chi connectivity index (χ1v) is 6.11. The molecule has 2 aromatic rings. The van der Waals surface area contributed by atoms with E-state index >= 15 is 0 Å². The third kappa shape index (κ3) is 3.40. The Labute approximate surface area is 107 Å². The quantitative estimate of drug-likeness (QED) is 0.879. The second kappa shape index (κ2) is 5.78. The Bertz CT molecular complexity index is 494. The third-order valence-corrected chi connectivity index (χ3v) is 2.97. The zero-order valence-electron chi connectivity index (χ0n) is 10.7. The number of halogens is 1. The van der Waals surface area contributed by atoms with Gasteiger partial charge in [-0.2, -0.15) is 5.10 Å². The van der Waals surface area contributed by atoms with Crippen LogP contribution in [-0.2, 0) is 13.1 Å². The van der Waals surface area contributed by atoms with Gasteiger partial charge in [0.1, 0.15) is 5.82 Å². The molecule has 0 amide bonds. The Kier molecular flexibility index (Phi) is 4.10. The maximum absolute atomic E-state index is 13.1. The van der Waals surface area contributed by atoms with Gasteiger partial charge in [0.25, 0.3) is 0 Å². The molecule has 0 aliphatic carbocycles. The van der Waals surface area contributed by atoms with Crippen LogP contribution in [0.15, 0.2) is 36.7 Å². The molecular formula is C14H18FN3. The number of nitrogens with zero attached hydrogens (tertiary/aromatic N) is 2. The van der Waals surface area contributed by atoms with E-state index in [-0.39, 0.29) is 11.9 Å². The molecule has 1 aromatic carbocycles. The van der Waals surface area contributed by atoms with E-state index in [4.69, 9.17) is 0 Å². The molecule has 0 aliphatic heterocycles. The first-order chi connectivity index (χ1) is 8.65. The lowest BCUT2D eigenvalue weighted by Crippen LogP contribution is -2.30. The fraction of sp³-hybridized carbons (Fsp3) is 0.357. The number of hydrogen-bond acceptors (Lipinski definition) is 2. The number of aromatic nitrogens is 2. The fourth-order valence-electron chi connectivity index (χ4n) is 1.87.